The summed E-state index contributed by atoms with van der Waals surface area (Å²) >= 11 is 0. The van der Waals surface area contributed by atoms with Crippen LogP contribution in [0, 0.1) is 0 Å². The molecule has 12 heavy (non-hydrogen) atoms. The first-order valence-corrected chi connectivity index (χ1v) is 4.41. The molecule has 0 unspecified atom stereocenters. The second-order valence-corrected chi connectivity index (χ2v) is 4.33. The number of fused-ring (bicyclic) bond motifs is 1. The van der Waals surface area contributed by atoms with Crippen LogP contribution in [-0.2, 0) is 12.0 Å². The minimum absolute atomic E-state index is 0.199. The van der Waals surface area contributed by atoms with E-state index in [1.165, 1.54) is 5.56 Å². The lowest BCUT2D eigenvalue weighted by Crippen LogP contribution is -2.11. The number of rotatable bonds is 0. The Bertz CT molecular complexity index is 293. The molecule has 2 heterocycles. The van der Waals surface area contributed by atoms with Crippen LogP contribution < -0.4 is 4.74 Å². The molecule has 1 aromatic rings. The quantitative estimate of drug-likeness (QED) is 0.574. The number of hydrogen-bond donors (Lipinski definition) is 0. The molecule has 0 saturated heterocycles. The monoisotopic (exact) mass is 165 g/mol. The van der Waals surface area contributed by atoms with E-state index in [1.807, 2.05) is 0 Å². The maximum atomic E-state index is 5.56. The van der Waals surface area contributed by atoms with E-state index in [1.54, 1.807) is 0 Å². The summed E-state index contributed by atoms with van der Waals surface area (Å²) in [5, 5.41) is 0. The van der Waals surface area contributed by atoms with Crippen molar-refractivity contribution in [3.8, 4) is 5.88 Å². The van der Waals surface area contributed by atoms with Gasteiger partial charge in [-0.3, -0.25) is 0 Å². The Morgan fingerprint density at radius 1 is 1.42 bits per heavy atom. The third-order valence-corrected chi connectivity index (χ3v) is 2.29. The highest BCUT2D eigenvalue weighted by molar-refractivity contribution is 5.35. The van der Waals surface area contributed by atoms with Crippen molar-refractivity contribution in [2.75, 3.05) is 6.61 Å². The van der Waals surface area contributed by atoms with Gasteiger partial charge in [0.25, 0.3) is 0 Å². The van der Waals surface area contributed by atoms with Crippen LogP contribution in [-0.4, -0.2) is 11.2 Å². The molecule has 0 radical (unpaired) electrons. The Balaban J connectivity index is 2.46. The van der Waals surface area contributed by atoms with Crippen LogP contribution in [0.4, 0.5) is 0 Å². The molecule has 0 N–H and O–H groups in total. The molecule has 0 saturated carbocycles. The molecule has 2 heteroatoms. The third-order valence-electron chi connectivity index (χ3n) is 2.29. The fraction of sp³-hybridized carbons (Fsp3) is 0.600. The van der Waals surface area contributed by atoms with Crippen molar-refractivity contribution in [1.29, 1.82) is 0 Å². The fourth-order valence-electron chi connectivity index (χ4n) is 1.61. The molecular weight excluding hydrogens is 150 g/mol. The second-order valence-electron chi connectivity index (χ2n) is 4.33. The lowest BCUT2D eigenvalue weighted by atomic mass is 9.89. The first-order valence-electron chi connectivity index (χ1n) is 4.41. The first-order chi connectivity index (χ1) is 5.59. The Hall–Kier alpha value is -0.920. The highest BCUT2D eigenvalue weighted by Crippen LogP contribution is 2.34. The summed E-state index contributed by atoms with van der Waals surface area (Å²) in [7, 11) is 0. The average molecular weight is 165 g/mol. The van der Waals surface area contributed by atoms with E-state index in [-0.39, 0.29) is 5.41 Å². The van der Waals surface area contributed by atoms with Crippen molar-refractivity contribution in [2.45, 2.75) is 32.7 Å². The molecule has 0 aromatic carbocycles. The summed E-state index contributed by atoms with van der Waals surface area (Å²) in [5.74, 6) is 1.07. The molecule has 0 amide bonds. The molecule has 0 aliphatic carbocycles. The van der Waals surface area contributed by atoms with Crippen LogP contribution in [0.3, 0.4) is 0 Å². The Labute approximate surface area is 73.1 Å². The molecule has 2 rings (SSSR count). The summed E-state index contributed by atoms with van der Waals surface area (Å²) in [6.45, 7) is 8.48. The Morgan fingerprint density at radius 2 is 2.17 bits per heavy atom. The summed E-state index contributed by atoms with van der Waals surface area (Å²) in [6, 6.07) is 2.16. The van der Waals surface area contributed by atoms with Crippen molar-refractivity contribution < 1.29 is 4.74 Å². The van der Waals surface area contributed by atoms with Crippen LogP contribution in [0.5, 0.6) is 5.88 Å². The van der Waals surface area contributed by atoms with Gasteiger partial charge < -0.3 is 9.30 Å². The molecular formula is C10H15NO. The van der Waals surface area contributed by atoms with Gasteiger partial charge in [0, 0.05) is 11.8 Å². The topological polar surface area (TPSA) is 14.2 Å². The van der Waals surface area contributed by atoms with E-state index in [4.69, 9.17) is 4.74 Å². The zero-order valence-electron chi connectivity index (χ0n) is 7.92. The molecule has 1 aliphatic rings. The van der Waals surface area contributed by atoms with Gasteiger partial charge in [0.2, 0.25) is 0 Å². The molecule has 66 valence electrons. The van der Waals surface area contributed by atoms with Gasteiger partial charge in [-0.25, -0.2) is 0 Å². The van der Waals surface area contributed by atoms with E-state index in [2.05, 4.69) is 37.6 Å². The van der Waals surface area contributed by atoms with E-state index in [0.717, 1.165) is 19.0 Å². The van der Waals surface area contributed by atoms with Gasteiger partial charge in [-0.2, -0.15) is 0 Å². The van der Waals surface area contributed by atoms with Gasteiger partial charge in [0.15, 0.2) is 5.88 Å². The Kier molecular flexibility index (Phi) is 1.47. The molecule has 0 spiro atoms. The van der Waals surface area contributed by atoms with Crippen LogP contribution in [0.1, 0.15) is 26.3 Å². The van der Waals surface area contributed by atoms with Crippen molar-refractivity contribution in [2.24, 2.45) is 0 Å². The van der Waals surface area contributed by atoms with E-state index in [0.29, 0.717) is 0 Å². The minimum atomic E-state index is 0.199. The lowest BCUT2D eigenvalue weighted by molar-refractivity contribution is 0.347. The summed E-state index contributed by atoms with van der Waals surface area (Å²) < 4.78 is 7.74. The molecule has 0 fully saturated rings. The van der Waals surface area contributed by atoms with E-state index in [9.17, 15) is 0 Å². The summed E-state index contributed by atoms with van der Waals surface area (Å²) in [5.41, 5.74) is 1.52. The van der Waals surface area contributed by atoms with Crippen LogP contribution in [0.2, 0.25) is 0 Å². The molecule has 0 atom stereocenters. The predicted molar refractivity (Wildman–Crippen MR) is 48.6 cm³/mol. The number of nitrogens with zero attached hydrogens (tertiary/aromatic N) is 1. The smallest absolute Gasteiger partial charge is 0.197 e. The van der Waals surface area contributed by atoms with Gasteiger partial charge in [-0.05, 0) is 11.5 Å². The van der Waals surface area contributed by atoms with Gasteiger partial charge in [-0.1, -0.05) is 20.8 Å². The van der Waals surface area contributed by atoms with Gasteiger partial charge >= 0.3 is 0 Å². The summed E-state index contributed by atoms with van der Waals surface area (Å²) in [4.78, 5) is 0. The normalized spacial score (nSPS) is 15.9. The highest BCUT2D eigenvalue weighted by Gasteiger charge is 2.24. The molecule has 0 bridgehead atoms. The number of ether oxygens (including phenoxy) is 1. The third kappa shape index (κ3) is 1.02. The van der Waals surface area contributed by atoms with Crippen LogP contribution in [0.25, 0.3) is 0 Å². The van der Waals surface area contributed by atoms with Crippen molar-refractivity contribution >= 4 is 0 Å². The maximum absolute atomic E-state index is 5.56. The Morgan fingerprint density at radius 3 is 2.83 bits per heavy atom. The largest absolute Gasteiger partial charge is 0.477 e. The zero-order chi connectivity index (χ0) is 8.77. The van der Waals surface area contributed by atoms with Crippen LogP contribution >= 0.6 is 0 Å². The minimum Gasteiger partial charge on any atom is -0.477 e. The summed E-state index contributed by atoms with van der Waals surface area (Å²) in [6.07, 6.45) is 2.11. The lowest BCUT2D eigenvalue weighted by Gasteiger charge is -2.17. The molecule has 1 aromatic heterocycles. The van der Waals surface area contributed by atoms with Crippen LogP contribution in [0.15, 0.2) is 12.3 Å². The van der Waals surface area contributed by atoms with Crippen molar-refractivity contribution in [3.05, 3.63) is 17.8 Å². The number of hydrogen-bond acceptors (Lipinski definition) is 1. The maximum Gasteiger partial charge on any atom is 0.197 e. The van der Waals surface area contributed by atoms with Gasteiger partial charge in [0.05, 0.1) is 6.54 Å². The van der Waals surface area contributed by atoms with E-state index < -0.39 is 0 Å². The van der Waals surface area contributed by atoms with E-state index >= 15 is 0 Å². The standard InChI is InChI=1S/C10H15NO/c1-10(2,3)8-4-5-11-6-7-12-9(8)11/h4-5H,6-7H2,1-3H3. The van der Waals surface area contributed by atoms with Gasteiger partial charge in [-0.15, -0.1) is 0 Å². The SMILES string of the molecule is CC(C)(C)c1ccn2c1OCC2. The molecule has 1 aliphatic heterocycles. The number of aromatic nitrogens is 1. The van der Waals surface area contributed by atoms with Crippen molar-refractivity contribution in [1.82, 2.24) is 4.57 Å². The fourth-order valence-corrected chi connectivity index (χ4v) is 1.61. The van der Waals surface area contributed by atoms with Gasteiger partial charge in [0.1, 0.15) is 6.61 Å². The van der Waals surface area contributed by atoms with Crippen molar-refractivity contribution in [3.63, 3.8) is 0 Å². The zero-order valence-corrected chi connectivity index (χ0v) is 7.92. The second kappa shape index (κ2) is 2.28. The predicted octanol–water partition coefficient (Wildman–Crippen LogP) is 2.18. The molecule has 2 nitrogen and oxygen atoms in total. The first kappa shape index (κ1) is 7.71. The average Bonchev–Trinajstić information content (AvgIpc) is 2.37. The highest BCUT2D eigenvalue weighted by atomic mass is 16.5.